The van der Waals surface area contributed by atoms with E-state index in [1.165, 1.54) is 31.2 Å². The third kappa shape index (κ3) is 3.55. The Hall–Kier alpha value is -0.890. The lowest BCUT2D eigenvalue weighted by atomic mass is 9.65. The molecule has 0 aromatic carbocycles. The highest BCUT2D eigenvalue weighted by molar-refractivity contribution is 5.10. The molecular formula is C16H26N2. The number of nitrogens with zero attached hydrogens (tertiary/aromatic N) is 1. The van der Waals surface area contributed by atoms with Crippen LogP contribution < -0.4 is 5.32 Å². The van der Waals surface area contributed by atoms with E-state index in [2.05, 4.69) is 43.3 Å². The summed E-state index contributed by atoms with van der Waals surface area (Å²) in [6.45, 7) is 5.98. The molecule has 1 aliphatic carbocycles. The van der Waals surface area contributed by atoms with Gasteiger partial charge in [-0.3, -0.25) is 4.98 Å². The molecule has 18 heavy (non-hydrogen) atoms. The summed E-state index contributed by atoms with van der Waals surface area (Å²) in [7, 11) is 2.07. The normalized spacial score (nSPS) is 27.1. The summed E-state index contributed by atoms with van der Waals surface area (Å²) in [6, 6.07) is 4.27. The molecule has 0 spiro atoms. The first-order chi connectivity index (χ1) is 8.61. The van der Waals surface area contributed by atoms with Gasteiger partial charge in [0.25, 0.3) is 0 Å². The van der Waals surface area contributed by atoms with Crippen molar-refractivity contribution in [1.82, 2.24) is 10.3 Å². The van der Waals surface area contributed by atoms with Crippen LogP contribution in [0.2, 0.25) is 0 Å². The monoisotopic (exact) mass is 246 g/mol. The summed E-state index contributed by atoms with van der Waals surface area (Å²) < 4.78 is 0. The Kier molecular flexibility index (Phi) is 4.39. The molecule has 2 unspecified atom stereocenters. The molecule has 0 amide bonds. The molecule has 0 saturated heterocycles. The van der Waals surface area contributed by atoms with Crippen molar-refractivity contribution in [1.29, 1.82) is 0 Å². The molecule has 0 bridgehead atoms. The average Bonchev–Trinajstić information content (AvgIpc) is 2.34. The number of hydrogen-bond acceptors (Lipinski definition) is 2. The molecule has 1 fully saturated rings. The molecule has 2 rings (SSSR count). The molecule has 2 heteroatoms. The van der Waals surface area contributed by atoms with Crippen molar-refractivity contribution >= 4 is 0 Å². The number of rotatable bonds is 4. The van der Waals surface area contributed by atoms with Gasteiger partial charge in [-0.1, -0.05) is 19.9 Å². The SMILES string of the molecule is CNCC1CCC(C)(C)CC1Cc1cccnc1. The maximum absolute atomic E-state index is 4.24. The van der Waals surface area contributed by atoms with E-state index < -0.39 is 0 Å². The van der Waals surface area contributed by atoms with Crippen molar-refractivity contribution in [2.24, 2.45) is 17.3 Å². The van der Waals surface area contributed by atoms with Crippen LogP contribution in [0.5, 0.6) is 0 Å². The van der Waals surface area contributed by atoms with Crippen LogP contribution in [0.4, 0.5) is 0 Å². The summed E-state index contributed by atoms with van der Waals surface area (Å²) in [5.74, 6) is 1.62. The van der Waals surface area contributed by atoms with Crippen LogP contribution in [-0.2, 0) is 6.42 Å². The second-order valence-electron chi connectivity index (χ2n) is 6.55. The van der Waals surface area contributed by atoms with Gasteiger partial charge < -0.3 is 5.32 Å². The van der Waals surface area contributed by atoms with Crippen molar-refractivity contribution in [2.75, 3.05) is 13.6 Å². The molecular weight excluding hydrogens is 220 g/mol. The number of aromatic nitrogens is 1. The predicted molar refractivity (Wildman–Crippen MR) is 76.5 cm³/mol. The molecule has 2 nitrogen and oxygen atoms in total. The Bertz CT molecular complexity index is 359. The highest BCUT2D eigenvalue weighted by Gasteiger charge is 2.34. The first-order valence-electron chi connectivity index (χ1n) is 7.14. The lowest BCUT2D eigenvalue weighted by Gasteiger charge is -2.41. The number of nitrogens with one attached hydrogen (secondary N) is 1. The highest BCUT2D eigenvalue weighted by Crippen LogP contribution is 2.42. The van der Waals surface area contributed by atoms with E-state index in [0.717, 1.165) is 18.4 Å². The van der Waals surface area contributed by atoms with Crippen molar-refractivity contribution in [2.45, 2.75) is 39.5 Å². The Balaban J connectivity index is 2.05. The van der Waals surface area contributed by atoms with Crippen LogP contribution in [0.15, 0.2) is 24.5 Å². The van der Waals surface area contributed by atoms with Crippen molar-refractivity contribution in [3.63, 3.8) is 0 Å². The molecule has 1 heterocycles. The first-order valence-corrected chi connectivity index (χ1v) is 7.14. The van der Waals surface area contributed by atoms with Crippen LogP contribution in [0.1, 0.15) is 38.7 Å². The Morgan fingerprint density at radius 3 is 2.89 bits per heavy atom. The van der Waals surface area contributed by atoms with E-state index in [4.69, 9.17) is 0 Å². The van der Waals surface area contributed by atoms with Crippen LogP contribution in [0, 0.1) is 17.3 Å². The van der Waals surface area contributed by atoms with E-state index in [9.17, 15) is 0 Å². The minimum Gasteiger partial charge on any atom is -0.319 e. The van der Waals surface area contributed by atoms with Crippen LogP contribution in [-0.4, -0.2) is 18.6 Å². The predicted octanol–water partition coefficient (Wildman–Crippen LogP) is 3.29. The Morgan fingerprint density at radius 2 is 2.22 bits per heavy atom. The summed E-state index contributed by atoms with van der Waals surface area (Å²) in [5, 5.41) is 3.36. The third-order valence-electron chi connectivity index (χ3n) is 4.36. The van der Waals surface area contributed by atoms with Crippen molar-refractivity contribution in [3.05, 3.63) is 30.1 Å². The molecule has 0 aliphatic heterocycles. The van der Waals surface area contributed by atoms with E-state index >= 15 is 0 Å². The van der Waals surface area contributed by atoms with E-state index in [1.54, 1.807) is 0 Å². The van der Waals surface area contributed by atoms with Gasteiger partial charge in [-0.2, -0.15) is 0 Å². The van der Waals surface area contributed by atoms with Gasteiger partial charge in [0.2, 0.25) is 0 Å². The minimum absolute atomic E-state index is 0.511. The number of hydrogen-bond donors (Lipinski definition) is 1. The van der Waals surface area contributed by atoms with Gasteiger partial charge in [0.05, 0.1) is 0 Å². The fourth-order valence-corrected chi connectivity index (χ4v) is 3.38. The fourth-order valence-electron chi connectivity index (χ4n) is 3.38. The Morgan fingerprint density at radius 1 is 1.39 bits per heavy atom. The van der Waals surface area contributed by atoms with E-state index in [-0.39, 0.29) is 0 Å². The fraction of sp³-hybridized carbons (Fsp3) is 0.688. The van der Waals surface area contributed by atoms with Gasteiger partial charge in [0.1, 0.15) is 0 Å². The molecule has 1 saturated carbocycles. The smallest absolute Gasteiger partial charge is 0.0299 e. The molecule has 100 valence electrons. The average molecular weight is 246 g/mol. The zero-order valence-electron chi connectivity index (χ0n) is 11.9. The molecule has 0 radical (unpaired) electrons. The summed E-state index contributed by atoms with van der Waals surface area (Å²) in [6.07, 6.45) is 9.14. The van der Waals surface area contributed by atoms with Crippen molar-refractivity contribution < 1.29 is 0 Å². The van der Waals surface area contributed by atoms with Crippen molar-refractivity contribution in [3.8, 4) is 0 Å². The molecule has 1 aliphatic rings. The second kappa shape index (κ2) is 5.83. The van der Waals surface area contributed by atoms with Crippen LogP contribution in [0.3, 0.4) is 0 Å². The van der Waals surface area contributed by atoms with Crippen LogP contribution in [0.25, 0.3) is 0 Å². The summed E-state index contributed by atoms with van der Waals surface area (Å²) in [4.78, 5) is 4.24. The second-order valence-corrected chi connectivity index (χ2v) is 6.55. The zero-order chi connectivity index (χ0) is 13.0. The quantitative estimate of drug-likeness (QED) is 0.882. The van der Waals surface area contributed by atoms with Gasteiger partial charge in [-0.15, -0.1) is 0 Å². The lowest BCUT2D eigenvalue weighted by Crippen LogP contribution is -2.36. The van der Waals surface area contributed by atoms with Gasteiger partial charge in [-0.25, -0.2) is 0 Å². The Labute approximate surface area is 111 Å². The van der Waals surface area contributed by atoms with Crippen LogP contribution >= 0.6 is 0 Å². The third-order valence-corrected chi connectivity index (χ3v) is 4.36. The lowest BCUT2D eigenvalue weighted by molar-refractivity contribution is 0.117. The maximum Gasteiger partial charge on any atom is 0.0299 e. The molecule has 1 N–H and O–H groups in total. The molecule has 1 aromatic heterocycles. The van der Waals surface area contributed by atoms with Gasteiger partial charge >= 0.3 is 0 Å². The highest BCUT2D eigenvalue weighted by atomic mass is 14.8. The van der Waals surface area contributed by atoms with E-state index in [0.29, 0.717) is 5.41 Å². The summed E-state index contributed by atoms with van der Waals surface area (Å²) >= 11 is 0. The number of pyridine rings is 1. The standard InChI is InChI=1S/C16H26N2/c1-16(2)7-6-14(12-17-3)15(10-16)9-13-5-4-8-18-11-13/h4-5,8,11,14-15,17H,6-7,9-10,12H2,1-3H3. The first kappa shape index (κ1) is 13.5. The van der Waals surface area contributed by atoms with Gasteiger partial charge in [0, 0.05) is 12.4 Å². The topological polar surface area (TPSA) is 24.9 Å². The maximum atomic E-state index is 4.24. The molecule has 2 atom stereocenters. The van der Waals surface area contributed by atoms with Gasteiger partial charge in [-0.05, 0) is 68.2 Å². The largest absolute Gasteiger partial charge is 0.319 e. The summed E-state index contributed by atoms with van der Waals surface area (Å²) in [5.41, 5.74) is 1.90. The minimum atomic E-state index is 0.511. The van der Waals surface area contributed by atoms with Gasteiger partial charge in [0.15, 0.2) is 0 Å². The zero-order valence-corrected chi connectivity index (χ0v) is 11.9. The molecule has 1 aromatic rings. The van der Waals surface area contributed by atoms with E-state index in [1.807, 2.05) is 12.4 Å².